The average molecular weight is 629 g/mol. The SMILES string of the molecule is COC(C)(COC(=O)c1cc(Cl)ccc1Cl)N(c1ccc(C)cc1)C(C)(COC(=O)c1cc(Cl)ccc1Cl)OC. The van der Waals surface area contributed by atoms with Crippen molar-refractivity contribution in [3.8, 4) is 0 Å². The maximum Gasteiger partial charge on any atom is 0.339 e. The number of hydrogen-bond donors (Lipinski definition) is 0. The number of hydrogen-bond acceptors (Lipinski definition) is 7. The number of carbonyl (C=O) groups is 2. The Morgan fingerprint density at radius 3 is 1.48 bits per heavy atom. The molecule has 7 nitrogen and oxygen atoms in total. The number of benzene rings is 3. The summed E-state index contributed by atoms with van der Waals surface area (Å²) in [6.45, 7) is 4.86. The van der Waals surface area contributed by atoms with Crippen LogP contribution in [0.3, 0.4) is 0 Å². The van der Waals surface area contributed by atoms with Gasteiger partial charge in [-0.25, -0.2) is 9.59 Å². The van der Waals surface area contributed by atoms with Crippen LogP contribution >= 0.6 is 46.4 Å². The van der Waals surface area contributed by atoms with E-state index >= 15 is 0 Å². The van der Waals surface area contributed by atoms with E-state index in [1.54, 1.807) is 30.9 Å². The Morgan fingerprint density at radius 2 is 1.10 bits per heavy atom. The monoisotopic (exact) mass is 627 g/mol. The van der Waals surface area contributed by atoms with E-state index in [1.807, 2.05) is 31.2 Å². The highest BCUT2D eigenvalue weighted by Crippen LogP contribution is 2.35. The standard InChI is InChI=1S/C29H29Cl4NO6/c1-18-6-10-21(11-7-18)34(28(2,37-4)16-39-26(35)22-14-19(30)8-12-24(22)32)29(3,38-5)17-40-27(36)23-15-20(31)9-13-25(23)33/h6-15H,16-17H2,1-5H3. The van der Waals surface area contributed by atoms with Gasteiger partial charge in [0, 0.05) is 30.0 Å². The molecule has 214 valence electrons. The van der Waals surface area contributed by atoms with Crippen LogP contribution in [0.5, 0.6) is 0 Å². The van der Waals surface area contributed by atoms with Gasteiger partial charge in [-0.15, -0.1) is 0 Å². The molecule has 2 atom stereocenters. The molecule has 2 unspecified atom stereocenters. The quantitative estimate of drug-likeness (QED) is 0.158. The molecular formula is C29H29Cl4NO6. The highest BCUT2D eigenvalue weighted by atomic mass is 35.5. The molecule has 0 radical (unpaired) electrons. The first-order chi connectivity index (χ1) is 18.8. The molecule has 0 N–H and O–H groups in total. The van der Waals surface area contributed by atoms with Gasteiger partial charge in [0.05, 0.1) is 21.2 Å². The lowest BCUT2D eigenvalue weighted by Gasteiger charge is -2.50. The largest absolute Gasteiger partial charge is 0.457 e. The lowest BCUT2D eigenvalue weighted by molar-refractivity contribution is -0.122. The van der Waals surface area contributed by atoms with Crippen molar-refractivity contribution in [3.63, 3.8) is 0 Å². The Kier molecular flexibility index (Phi) is 10.7. The highest BCUT2D eigenvalue weighted by Gasteiger charge is 2.46. The molecule has 0 saturated heterocycles. The van der Waals surface area contributed by atoms with Crippen molar-refractivity contribution in [1.82, 2.24) is 0 Å². The van der Waals surface area contributed by atoms with Gasteiger partial charge in [-0.2, -0.15) is 0 Å². The maximum absolute atomic E-state index is 13.0. The van der Waals surface area contributed by atoms with Gasteiger partial charge in [-0.1, -0.05) is 64.1 Å². The summed E-state index contributed by atoms with van der Waals surface area (Å²) in [5.41, 5.74) is -0.756. The Morgan fingerprint density at radius 1 is 0.700 bits per heavy atom. The molecule has 0 bridgehead atoms. The topological polar surface area (TPSA) is 74.3 Å². The van der Waals surface area contributed by atoms with Crippen LogP contribution in [-0.2, 0) is 18.9 Å². The zero-order valence-electron chi connectivity index (χ0n) is 22.6. The van der Waals surface area contributed by atoms with Crippen LogP contribution in [0.4, 0.5) is 5.69 Å². The van der Waals surface area contributed by atoms with E-state index in [2.05, 4.69) is 0 Å². The molecule has 0 aromatic heterocycles. The highest BCUT2D eigenvalue weighted by molar-refractivity contribution is 6.36. The molecular weight excluding hydrogens is 600 g/mol. The van der Waals surface area contributed by atoms with E-state index in [0.717, 1.165) is 5.56 Å². The summed E-state index contributed by atoms with van der Waals surface area (Å²) in [4.78, 5) is 27.7. The second-order valence-corrected chi connectivity index (χ2v) is 11.0. The van der Waals surface area contributed by atoms with Crippen molar-refractivity contribution >= 4 is 64.0 Å². The normalized spacial score (nSPS) is 14.1. The molecule has 0 aliphatic rings. The molecule has 0 aliphatic carbocycles. The molecule has 0 spiro atoms. The number of anilines is 1. The van der Waals surface area contributed by atoms with Crippen LogP contribution in [-0.4, -0.2) is 50.8 Å². The molecule has 0 saturated carbocycles. The summed E-state index contributed by atoms with van der Waals surface area (Å²) in [5, 5.41) is 1.05. The van der Waals surface area contributed by atoms with Gasteiger partial charge in [-0.05, 0) is 69.3 Å². The number of rotatable bonds is 11. The van der Waals surface area contributed by atoms with E-state index in [0.29, 0.717) is 15.7 Å². The summed E-state index contributed by atoms with van der Waals surface area (Å²) in [6.07, 6.45) is 0. The third-order valence-corrected chi connectivity index (χ3v) is 7.49. The van der Waals surface area contributed by atoms with Crippen molar-refractivity contribution in [3.05, 3.63) is 97.4 Å². The second-order valence-electron chi connectivity index (χ2n) is 9.33. The van der Waals surface area contributed by atoms with Gasteiger partial charge in [0.25, 0.3) is 0 Å². The molecule has 40 heavy (non-hydrogen) atoms. The van der Waals surface area contributed by atoms with E-state index < -0.39 is 23.4 Å². The van der Waals surface area contributed by atoms with Crippen molar-refractivity contribution in [2.45, 2.75) is 32.2 Å². The molecule has 3 aromatic rings. The lowest BCUT2D eigenvalue weighted by atomic mass is 10.1. The minimum atomic E-state index is -1.32. The van der Waals surface area contributed by atoms with Gasteiger partial charge in [0.2, 0.25) is 0 Å². The average Bonchev–Trinajstić information content (AvgIpc) is 2.94. The first-order valence-corrected chi connectivity index (χ1v) is 13.6. The minimum Gasteiger partial charge on any atom is -0.457 e. The molecule has 3 aromatic carbocycles. The summed E-state index contributed by atoms with van der Waals surface area (Å²) in [7, 11) is 2.93. The fourth-order valence-corrected chi connectivity index (χ4v) is 4.77. The number of nitrogens with zero attached hydrogens (tertiary/aromatic N) is 1. The number of ether oxygens (including phenoxy) is 4. The van der Waals surface area contributed by atoms with Crippen LogP contribution in [0.1, 0.15) is 40.1 Å². The first-order valence-electron chi connectivity index (χ1n) is 12.0. The molecule has 0 fully saturated rings. The van der Waals surface area contributed by atoms with E-state index in [9.17, 15) is 9.59 Å². The van der Waals surface area contributed by atoms with E-state index in [1.165, 1.54) is 38.5 Å². The summed E-state index contributed by atoms with van der Waals surface area (Å²) >= 11 is 24.5. The number of aryl methyl sites for hydroxylation is 1. The third-order valence-electron chi connectivity index (χ3n) is 6.36. The Balaban J connectivity index is 1.95. The Hall–Kier alpha value is -2.52. The van der Waals surface area contributed by atoms with Gasteiger partial charge in [0.15, 0.2) is 11.4 Å². The molecule has 3 rings (SSSR count). The zero-order chi connectivity index (χ0) is 29.7. The van der Waals surface area contributed by atoms with Gasteiger partial charge >= 0.3 is 11.9 Å². The molecule has 11 heteroatoms. The van der Waals surface area contributed by atoms with Crippen LogP contribution in [0.15, 0.2) is 60.7 Å². The van der Waals surface area contributed by atoms with Gasteiger partial charge in [-0.3, -0.25) is 0 Å². The smallest absolute Gasteiger partial charge is 0.339 e. The van der Waals surface area contributed by atoms with E-state index in [4.69, 9.17) is 65.4 Å². The van der Waals surface area contributed by atoms with Crippen LogP contribution in [0.2, 0.25) is 20.1 Å². The molecule has 0 amide bonds. The lowest BCUT2D eigenvalue weighted by Crippen LogP contribution is -2.64. The predicted molar refractivity (Wildman–Crippen MR) is 158 cm³/mol. The van der Waals surface area contributed by atoms with Crippen molar-refractivity contribution in [2.75, 3.05) is 32.3 Å². The van der Waals surface area contributed by atoms with Crippen LogP contribution in [0, 0.1) is 6.92 Å². The van der Waals surface area contributed by atoms with Crippen LogP contribution < -0.4 is 4.90 Å². The zero-order valence-corrected chi connectivity index (χ0v) is 25.6. The van der Waals surface area contributed by atoms with E-state index in [-0.39, 0.29) is 34.4 Å². The molecule has 0 heterocycles. The third kappa shape index (κ3) is 7.40. The minimum absolute atomic E-state index is 0.108. The van der Waals surface area contributed by atoms with Crippen molar-refractivity contribution < 1.29 is 28.5 Å². The van der Waals surface area contributed by atoms with Crippen molar-refractivity contribution in [1.29, 1.82) is 0 Å². The first kappa shape index (κ1) is 32.0. The fourth-order valence-electron chi connectivity index (χ4n) is 4.03. The van der Waals surface area contributed by atoms with Gasteiger partial charge < -0.3 is 23.8 Å². The Labute approximate surface area is 253 Å². The summed E-state index contributed by atoms with van der Waals surface area (Å²) < 4.78 is 23.2. The fraction of sp³-hybridized carbons (Fsp3) is 0.310. The summed E-state index contributed by atoms with van der Waals surface area (Å²) in [6, 6.07) is 16.5. The van der Waals surface area contributed by atoms with Crippen LogP contribution in [0.25, 0.3) is 0 Å². The summed E-state index contributed by atoms with van der Waals surface area (Å²) in [5.74, 6) is -1.39. The van der Waals surface area contributed by atoms with Gasteiger partial charge in [0.1, 0.15) is 13.2 Å². The maximum atomic E-state index is 13.0. The predicted octanol–water partition coefficient (Wildman–Crippen LogP) is 7.85. The number of halogens is 4. The number of methoxy groups -OCH3 is 2. The molecule has 0 aliphatic heterocycles. The van der Waals surface area contributed by atoms with Crippen molar-refractivity contribution in [2.24, 2.45) is 0 Å². The number of carbonyl (C=O) groups excluding carboxylic acids is 2. The second kappa shape index (κ2) is 13.4. The number of esters is 2. The Bertz CT molecular complexity index is 1290.